The van der Waals surface area contributed by atoms with Crippen LogP contribution in [0.1, 0.15) is 16.9 Å². The van der Waals surface area contributed by atoms with Crippen LogP contribution in [0.5, 0.6) is 0 Å². The quantitative estimate of drug-likeness (QED) is 0.819. The van der Waals surface area contributed by atoms with Crippen LogP contribution < -0.4 is 5.32 Å². The Balaban J connectivity index is 1.98. The average Bonchev–Trinajstić information content (AvgIpc) is 2.85. The third kappa shape index (κ3) is 3.06. The van der Waals surface area contributed by atoms with Crippen molar-refractivity contribution >= 4 is 23.3 Å². The van der Waals surface area contributed by atoms with Crippen LogP contribution in [0.15, 0.2) is 11.4 Å². The second kappa shape index (κ2) is 5.76. The first-order valence-electron chi connectivity index (χ1n) is 5.88. The van der Waals surface area contributed by atoms with Gasteiger partial charge in [0.25, 0.3) is 0 Å². The largest absolute Gasteiger partial charge is 0.480 e. The molecule has 0 saturated carbocycles. The number of amides is 2. The number of hydrogen-bond acceptors (Lipinski definition) is 3. The number of nitrogens with one attached hydrogen (secondary N) is 1. The number of carbonyl (C=O) groups excluding carboxylic acids is 1. The zero-order valence-corrected chi connectivity index (χ0v) is 11.1. The first-order valence-corrected chi connectivity index (χ1v) is 6.76. The minimum absolute atomic E-state index is 0.0153. The van der Waals surface area contributed by atoms with Crippen LogP contribution in [0.3, 0.4) is 0 Å². The van der Waals surface area contributed by atoms with E-state index < -0.39 is 12.0 Å². The van der Waals surface area contributed by atoms with E-state index in [4.69, 9.17) is 11.5 Å². The molecule has 1 unspecified atom stereocenters. The molecule has 0 radical (unpaired) electrons. The molecular formula is C13H14N2O3S. The number of carbonyl (C=O) groups is 2. The molecule has 1 atom stereocenters. The molecule has 0 spiro atoms. The lowest BCUT2D eigenvalue weighted by atomic mass is 10.1. The van der Waals surface area contributed by atoms with E-state index in [0.717, 1.165) is 12.0 Å². The Hall–Kier alpha value is -2.00. The molecule has 1 aliphatic heterocycles. The Morgan fingerprint density at radius 1 is 1.63 bits per heavy atom. The first kappa shape index (κ1) is 13.4. The molecule has 0 aliphatic carbocycles. The highest BCUT2D eigenvalue weighted by Crippen LogP contribution is 2.23. The van der Waals surface area contributed by atoms with Gasteiger partial charge in [-0.05, 0) is 23.4 Å². The molecule has 2 amide bonds. The van der Waals surface area contributed by atoms with Gasteiger partial charge in [0.1, 0.15) is 6.04 Å². The second-order valence-electron chi connectivity index (χ2n) is 4.29. The summed E-state index contributed by atoms with van der Waals surface area (Å²) in [4.78, 5) is 25.8. The van der Waals surface area contributed by atoms with Crippen molar-refractivity contribution in [2.75, 3.05) is 6.54 Å². The van der Waals surface area contributed by atoms with Crippen LogP contribution in [0.25, 0.3) is 0 Å². The molecule has 0 bridgehead atoms. The molecular weight excluding hydrogens is 264 g/mol. The van der Waals surface area contributed by atoms with E-state index in [1.807, 2.05) is 11.4 Å². The fourth-order valence-corrected chi connectivity index (χ4v) is 2.87. The summed E-state index contributed by atoms with van der Waals surface area (Å²) in [6, 6.07) is 0.594. The van der Waals surface area contributed by atoms with Crippen molar-refractivity contribution in [1.29, 1.82) is 0 Å². The Bertz CT molecular complexity index is 532. The van der Waals surface area contributed by atoms with Crippen molar-refractivity contribution in [2.24, 2.45) is 0 Å². The van der Waals surface area contributed by atoms with Crippen LogP contribution in [-0.4, -0.2) is 34.6 Å². The molecule has 100 valence electrons. The summed E-state index contributed by atoms with van der Waals surface area (Å²) in [6.07, 6.45) is 5.89. The number of fused-ring (bicyclic) bond motifs is 1. The van der Waals surface area contributed by atoms with E-state index in [2.05, 4.69) is 11.2 Å². The van der Waals surface area contributed by atoms with E-state index in [9.17, 15) is 9.59 Å². The fraction of sp³-hybridized carbons (Fsp3) is 0.385. The topological polar surface area (TPSA) is 69.6 Å². The second-order valence-corrected chi connectivity index (χ2v) is 5.29. The standard InChI is InChI=1S/C13H14N2O3S/c1-2-3-10(12(16)17)14-13(18)15-6-4-11-9(8-15)5-7-19-11/h1,5,7,10H,3-4,6,8H2,(H,14,18)(H,16,17). The molecule has 2 heterocycles. The van der Waals surface area contributed by atoms with E-state index in [0.29, 0.717) is 13.1 Å². The van der Waals surface area contributed by atoms with Crippen molar-refractivity contribution in [3.8, 4) is 12.3 Å². The van der Waals surface area contributed by atoms with Crippen LogP contribution in [0, 0.1) is 12.3 Å². The van der Waals surface area contributed by atoms with Gasteiger partial charge in [-0.3, -0.25) is 0 Å². The van der Waals surface area contributed by atoms with Gasteiger partial charge >= 0.3 is 12.0 Å². The minimum Gasteiger partial charge on any atom is -0.480 e. The van der Waals surface area contributed by atoms with Crippen LogP contribution in [0.4, 0.5) is 4.79 Å². The Morgan fingerprint density at radius 2 is 2.42 bits per heavy atom. The number of rotatable bonds is 3. The molecule has 1 aromatic heterocycles. The number of carboxylic acid groups (broad SMARTS) is 1. The highest BCUT2D eigenvalue weighted by atomic mass is 32.1. The van der Waals surface area contributed by atoms with Gasteiger partial charge in [0.2, 0.25) is 0 Å². The van der Waals surface area contributed by atoms with Gasteiger partial charge < -0.3 is 15.3 Å². The van der Waals surface area contributed by atoms with Gasteiger partial charge in [-0.1, -0.05) is 0 Å². The highest BCUT2D eigenvalue weighted by Gasteiger charge is 2.25. The lowest BCUT2D eigenvalue weighted by molar-refractivity contribution is -0.139. The Kier molecular flexibility index (Phi) is 4.07. The number of urea groups is 1. The minimum atomic E-state index is -1.11. The van der Waals surface area contributed by atoms with E-state index in [-0.39, 0.29) is 12.5 Å². The molecule has 0 saturated heterocycles. The van der Waals surface area contributed by atoms with Crippen molar-refractivity contribution in [3.05, 3.63) is 21.9 Å². The van der Waals surface area contributed by atoms with E-state index in [1.165, 1.54) is 4.88 Å². The maximum absolute atomic E-state index is 12.0. The summed E-state index contributed by atoms with van der Waals surface area (Å²) in [5.41, 5.74) is 1.13. The lowest BCUT2D eigenvalue weighted by Gasteiger charge is -2.28. The summed E-state index contributed by atoms with van der Waals surface area (Å²) < 4.78 is 0. The summed E-state index contributed by atoms with van der Waals surface area (Å²) in [7, 11) is 0. The summed E-state index contributed by atoms with van der Waals surface area (Å²) >= 11 is 1.69. The SMILES string of the molecule is C#CCC(NC(=O)N1CCc2sccc2C1)C(=O)O. The lowest BCUT2D eigenvalue weighted by Crippen LogP contribution is -2.49. The predicted octanol–water partition coefficient (Wildman–Crippen LogP) is 1.29. The molecule has 6 heteroatoms. The third-order valence-corrected chi connectivity index (χ3v) is 4.04. The van der Waals surface area contributed by atoms with Crippen molar-refractivity contribution < 1.29 is 14.7 Å². The number of thiophene rings is 1. The molecule has 5 nitrogen and oxygen atoms in total. The monoisotopic (exact) mass is 278 g/mol. The fourth-order valence-electron chi connectivity index (χ4n) is 1.98. The summed E-state index contributed by atoms with van der Waals surface area (Å²) in [5, 5.41) is 13.4. The Labute approximate surface area is 115 Å². The van der Waals surface area contributed by atoms with Crippen LogP contribution >= 0.6 is 11.3 Å². The van der Waals surface area contributed by atoms with Gasteiger partial charge in [-0.15, -0.1) is 23.7 Å². The zero-order chi connectivity index (χ0) is 13.8. The number of hydrogen-bond donors (Lipinski definition) is 2. The third-order valence-electron chi connectivity index (χ3n) is 3.01. The molecule has 19 heavy (non-hydrogen) atoms. The molecule has 0 aromatic carbocycles. The summed E-state index contributed by atoms with van der Waals surface area (Å²) in [6.45, 7) is 1.12. The van der Waals surface area contributed by atoms with Crippen molar-refractivity contribution in [3.63, 3.8) is 0 Å². The van der Waals surface area contributed by atoms with Crippen LogP contribution in [-0.2, 0) is 17.8 Å². The smallest absolute Gasteiger partial charge is 0.327 e. The molecule has 2 rings (SSSR count). The zero-order valence-electron chi connectivity index (χ0n) is 10.3. The van der Waals surface area contributed by atoms with Crippen molar-refractivity contribution in [1.82, 2.24) is 10.2 Å². The van der Waals surface area contributed by atoms with Gasteiger partial charge in [0, 0.05) is 24.4 Å². The maximum atomic E-state index is 12.0. The van der Waals surface area contributed by atoms with Gasteiger partial charge in [-0.25, -0.2) is 9.59 Å². The molecule has 1 aliphatic rings. The van der Waals surface area contributed by atoms with Gasteiger partial charge in [0.15, 0.2) is 0 Å². The first-order chi connectivity index (χ1) is 9.11. The van der Waals surface area contributed by atoms with Crippen LogP contribution in [0.2, 0.25) is 0 Å². The molecule has 1 aromatic rings. The van der Waals surface area contributed by atoms with E-state index in [1.54, 1.807) is 16.2 Å². The average molecular weight is 278 g/mol. The number of aliphatic carboxylic acids is 1. The Morgan fingerprint density at radius 3 is 3.11 bits per heavy atom. The number of carboxylic acids is 1. The summed E-state index contributed by atoms with van der Waals surface area (Å²) in [5.74, 6) is 1.14. The molecule has 2 N–H and O–H groups in total. The highest BCUT2D eigenvalue weighted by molar-refractivity contribution is 7.10. The van der Waals surface area contributed by atoms with Gasteiger partial charge in [-0.2, -0.15) is 0 Å². The van der Waals surface area contributed by atoms with E-state index >= 15 is 0 Å². The molecule has 0 fully saturated rings. The predicted molar refractivity (Wildman–Crippen MR) is 71.8 cm³/mol. The number of nitrogens with zero attached hydrogens (tertiary/aromatic N) is 1. The maximum Gasteiger partial charge on any atom is 0.327 e. The number of terminal acetylenes is 1. The van der Waals surface area contributed by atoms with Crippen molar-refractivity contribution in [2.45, 2.75) is 25.4 Å². The van der Waals surface area contributed by atoms with Gasteiger partial charge in [0.05, 0.1) is 0 Å². The normalized spacial score (nSPS) is 15.2.